The van der Waals surface area contributed by atoms with Crippen LogP contribution in [0.2, 0.25) is 0 Å². The second-order valence-electron chi connectivity index (χ2n) is 7.94. The molecule has 0 amide bonds. The Morgan fingerprint density at radius 2 is 2.03 bits per heavy atom. The van der Waals surface area contributed by atoms with E-state index in [4.69, 9.17) is 9.32 Å². The number of aliphatic hydroxyl groups excluding tert-OH is 1. The number of nitrogens with zero attached hydrogens (tertiary/aromatic N) is 3. The Morgan fingerprint density at radius 3 is 2.87 bits per heavy atom. The molecule has 2 heterocycles. The lowest BCUT2D eigenvalue weighted by Crippen LogP contribution is -2.29. The smallest absolute Gasteiger partial charge is 0.333 e. The van der Waals surface area contributed by atoms with Crippen LogP contribution < -0.4 is 10.5 Å². The zero-order chi connectivity index (χ0) is 20.9. The molecule has 5 rings (SSSR count). The molecule has 2 aromatic heterocycles. The van der Waals surface area contributed by atoms with Gasteiger partial charge in [-0.25, -0.2) is 15.1 Å². The average molecular weight is 430 g/mol. The zero-order valence-corrected chi connectivity index (χ0v) is 17.0. The third kappa shape index (κ3) is 3.56. The highest BCUT2D eigenvalue weighted by atomic mass is 32.2. The molecule has 1 fully saturated rings. The Balaban J connectivity index is 1.41. The van der Waals surface area contributed by atoms with Crippen LogP contribution >= 0.6 is 0 Å². The second kappa shape index (κ2) is 7.31. The summed E-state index contributed by atoms with van der Waals surface area (Å²) in [5.74, 6) is 0.760. The number of aliphatic hydroxyl groups is 1. The van der Waals surface area contributed by atoms with Gasteiger partial charge in [-0.2, -0.15) is 8.42 Å². The molecule has 1 aromatic carbocycles. The number of aromatic nitrogens is 3. The molecule has 2 aliphatic carbocycles. The summed E-state index contributed by atoms with van der Waals surface area (Å²) in [6.45, 7) is 0. The predicted molar refractivity (Wildman–Crippen MR) is 111 cm³/mol. The highest BCUT2D eigenvalue weighted by Crippen LogP contribution is 2.38. The van der Waals surface area contributed by atoms with Gasteiger partial charge in [0.1, 0.15) is 23.9 Å². The third-order valence-corrected chi connectivity index (χ3v) is 6.57. The number of nitrogens with one attached hydrogen (secondary N) is 1. The van der Waals surface area contributed by atoms with Crippen molar-refractivity contribution in [2.75, 3.05) is 5.32 Å². The Kier molecular flexibility index (Phi) is 4.73. The maximum Gasteiger partial charge on any atom is 0.333 e. The first-order valence-corrected chi connectivity index (χ1v) is 11.4. The summed E-state index contributed by atoms with van der Waals surface area (Å²) in [6.07, 6.45) is 4.35. The maximum atomic E-state index is 11.2. The third-order valence-electron chi connectivity index (χ3n) is 6.05. The fourth-order valence-electron chi connectivity index (χ4n) is 4.71. The minimum atomic E-state index is -4.12. The fourth-order valence-corrected chi connectivity index (χ4v) is 5.26. The molecule has 10 heteroatoms. The number of aryl methyl sites for hydroxylation is 1. The van der Waals surface area contributed by atoms with Gasteiger partial charge in [-0.3, -0.25) is 4.18 Å². The van der Waals surface area contributed by atoms with Crippen molar-refractivity contribution in [2.45, 2.75) is 50.0 Å². The standard InChI is InChI=1S/C20H23N5O4S/c21-30(27,28)29-18-10-13(9-17(18)26)25-8-7-15-19(22-11-23-20(15)25)24-16-6-5-12-3-1-2-4-14(12)16/h1-4,7-8,11,13,16-18,26H,5-6,9-10H2,(H2,21,27,28)(H,22,23,24)/t13-,16+,17-,18+/m1/s1. The van der Waals surface area contributed by atoms with E-state index in [1.54, 1.807) is 0 Å². The van der Waals surface area contributed by atoms with Crippen molar-refractivity contribution in [1.29, 1.82) is 0 Å². The molecule has 4 N–H and O–H groups in total. The van der Waals surface area contributed by atoms with E-state index in [-0.39, 0.29) is 12.1 Å². The summed E-state index contributed by atoms with van der Waals surface area (Å²) in [5.41, 5.74) is 3.39. The SMILES string of the molecule is NS(=O)(=O)O[C@H]1C[C@H](n2ccc3c(N[C@H]4CCc5ccccc54)ncnc32)C[C@H]1O. The van der Waals surface area contributed by atoms with Crippen molar-refractivity contribution in [2.24, 2.45) is 5.14 Å². The van der Waals surface area contributed by atoms with Crippen LogP contribution in [0.1, 0.15) is 42.5 Å². The van der Waals surface area contributed by atoms with Crippen molar-refractivity contribution >= 4 is 27.2 Å². The molecular formula is C20H23N5O4S. The van der Waals surface area contributed by atoms with E-state index in [2.05, 4.69) is 39.6 Å². The Morgan fingerprint density at radius 1 is 1.20 bits per heavy atom. The van der Waals surface area contributed by atoms with Gasteiger partial charge in [0.15, 0.2) is 0 Å². The molecule has 0 radical (unpaired) electrons. The summed E-state index contributed by atoms with van der Waals surface area (Å²) < 4.78 is 29.3. The number of hydrogen-bond acceptors (Lipinski definition) is 7. The second-order valence-corrected chi connectivity index (χ2v) is 9.12. The lowest BCUT2D eigenvalue weighted by molar-refractivity contribution is 0.0645. The molecule has 9 nitrogen and oxygen atoms in total. The molecule has 4 atom stereocenters. The van der Waals surface area contributed by atoms with E-state index in [9.17, 15) is 13.5 Å². The van der Waals surface area contributed by atoms with E-state index in [0.29, 0.717) is 12.8 Å². The van der Waals surface area contributed by atoms with Gasteiger partial charge in [-0.1, -0.05) is 24.3 Å². The number of benzene rings is 1. The highest BCUT2D eigenvalue weighted by molar-refractivity contribution is 7.84. The molecule has 0 unspecified atom stereocenters. The first kappa shape index (κ1) is 19.4. The number of fused-ring (bicyclic) bond motifs is 2. The molecule has 1 saturated carbocycles. The Bertz CT molecular complexity index is 1190. The summed E-state index contributed by atoms with van der Waals surface area (Å²) in [7, 11) is -4.12. The van der Waals surface area contributed by atoms with Crippen LogP contribution in [-0.2, 0) is 20.9 Å². The molecule has 0 bridgehead atoms. The number of anilines is 1. The first-order chi connectivity index (χ1) is 14.4. The van der Waals surface area contributed by atoms with Gasteiger partial charge in [0.05, 0.1) is 17.5 Å². The van der Waals surface area contributed by atoms with E-state index < -0.39 is 22.5 Å². The van der Waals surface area contributed by atoms with Gasteiger partial charge in [0, 0.05) is 12.2 Å². The molecular weight excluding hydrogens is 406 g/mol. The van der Waals surface area contributed by atoms with Gasteiger partial charge in [0.2, 0.25) is 0 Å². The first-order valence-electron chi connectivity index (χ1n) is 9.94. The lowest BCUT2D eigenvalue weighted by Gasteiger charge is -2.16. The van der Waals surface area contributed by atoms with Crippen LogP contribution in [0, 0.1) is 0 Å². The van der Waals surface area contributed by atoms with Crippen molar-refractivity contribution in [3.63, 3.8) is 0 Å². The van der Waals surface area contributed by atoms with Gasteiger partial charge in [-0.05, 0) is 42.9 Å². The van der Waals surface area contributed by atoms with Crippen LogP contribution in [0.5, 0.6) is 0 Å². The summed E-state index contributed by atoms with van der Waals surface area (Å²) >= 11 is 0. The topological polar surface area (TPSA) is 132 Å². The highest BCUT2D eigenvalue weighted by Gasteiger charge is 2.37. The maximum absolute atomic E-state index is 11.2. The van der Waals surface area contributed by atoms with E-state index >= 15 is 0 Å². The number of nitrogens with two attached hydrogens (primary N) is 1. The van der Waals surface area contributed by atoms with Crippen LogP contribution in [0.15, 0.2) is 42.9 Å². The quantitative estimate of drug-likeness (QED) is 0.563. The van der Waals surface area contributed by atoms with Crippen LogP contribution in [0.25, 0.3) is 11.0 Å². The summed E-state index contributed by atoms with van der Waals surface area (Å²) in [6, 6.07) is 10.4. The van der Waals surface area contributed by atoms with E-state index in [1.165, 1.54) is 17.5 Å². The molecule has 0 aliphatic heterocycles. The molecule has 0 spiro atoms. The predicted octanol–water partition coefficient (Wildman–Crippen LogP) is 1.82. The molecule has 3 aromatic rings. The van der Waals surface area contributed by atoms with Gasteiger partial charge in [0.25, 0.3) is 0 Å². The average Bonchev–Trinajstić information content (AvgIpc) is 3.39. The van der Waals surface area contributed by atoms with Crippen molar-refractivity contribution < 1.29 is 17.7 Å². The van der Waals surface area contributed by atoms with E-state index in [0.717, 1.165) is 29.7 Å². The van der Waals surface area contributed by atoms with Crippen molar-refractivity contribution in [3.8, 4) is 0 Å². The number of hydrogen-bond donors (Lipinski definition) is 3. The Labute approximate surface area is 174 Å². The monoisotopic (exact) mass is 429 g/mol. The van der Waals surface area contributed by atoms with Crippen LogP contribution in [0.3, 0.4) is 0 Å². The van der Waals surface area contributed by atoms with Crippen molar-refractivity contribution in [1.82, 2.24) is 14.5 Å². The zero-order valence-electron chi connectivity index (χ0n) is 16.2. The molecule has 2 aliphatic rings. The van der Waals surface area contributed by atoms with Crippen molar-refractivity contribution in [3.05, 3.63) is 54.0 Å². The van der Waals surface area contributed by atoms with Gasteiger partial charge in [-0.15, -0.1) is 0 Å². The normalized spacial score (nSPS) is 26.2. The van der Waals surface area contributed by atoms with Crippen LogP contribution in [-0.4, -0.2) is 40.3 Å². The lowest BCUT2D eigenvalue weighted by atomic mass is 10.1. The van der Waals surface area contributed by atoms with Gasteiger partial charge >= 0.3 is 10.3 Å². The minimum Gasteiger partial charge on any atom is -0.390 e. The van der Waals surface area contributed by atoms with Gasteiger partial charge < -0.3 is 15.0 Å². The van der Waals surface area contributed by atoms with Crippen LogP contribution in [0.4, 0.5) is 5.82 Å². The summed E-state index contributed by atoms with van der Waals surface area (Å²) in [4.78, 5) is 8.89. The summed E-state index contributed by atoms with van der Waals surface area (Å²) in [5, 5.41) is 19.6. The minimum absolute atomic E-state index is 0.154. The Hall–Kier alpha value is -2.53. The molecule has 30 heavy (non-hydrogen) atoms. The molecule has 0 saturated heterocycles. The largest absolute Gasteiger partial charge is 0.390 e. The van der Waals surface area contributed by atoms with E-state index in [1.807, 2.05) is 16.8 Å². The molecule has 158 valence electrons. The number of rotatable bonds is 5. The fraction of sp³-hybridized carbons (Fsp3) is 0.400.